The molecule has 0 aliphatic carbocycles. The predicted molar refractivity (Wildman–Crippen MR) is 123 cm³/mol. The van der Waals surface area contributed by atoms with Gasteiger partial charge >= 0.3 is 0 Å². The van der Waals surface area contributed by atoms with Gasteiger partial charge in [0.2, 0.25) is 0 Å². The molecule has 2 rings (SSSR count). The molecule has 2 N–H and O–H groups in total. The third kappa shape index (κ3) is 8.41. The first-order chi connectivity index (χ1) is 12.1. The van der Waals surface area contributed by atoms with Crippen molar-refractivity contribution in [2.45, 2.75) is 20.4 Å². The van der Waals surface area contributed by atoms with Crippen molar-refractivity contribution in [2.24, 2.45) is 10.9 Å². The van der Waals surface area contributed by atoms with Crippen LogP contribution in [0.15, 0.2) is 29.3 Å². The summed E-state index contributed by atoms with van der Waals surface area (Å²) in [5.41, 5.74) is 1.19. The molecule has 1 heterocycles. The van der Waals surface area contributed by atoms with Gasteiger partial charge in [-0.2, -0.15) is 0 Å². The van der Waals surface area contributed by atoms with Gasteiger partial charge in [0.25, 0.3) is 0 Å². The van der Waals surface area contributed by atoms with E-state index in [-0.39, 0.29) is 24.0 Å². The van der Waals surface area contributed by atoms with E-state index in [1.54, 1.807) is 0 Å². The second kappa shape index (κ2) is 12.8. The highest BCUT2D eigenvalue weighted by atomic mass is 127. The fourth-order valence-electron chi connectivity index (χ4n) is 3.07. The van der Waals surface area contributed by atoms with Gasteiger partial charge in [-0.25, -0.2) is 0 Å². The van der Waals surface area contributed by atoms with E-state index in [1.165, 1.54) is 38.3 Å². The van der Waals surface area contributed by atoms with Crippen LogP contribution in [0, 0.1) is 5.92 Å². The zero-order chi connectivity index (χ0) is 18.1. The van der Waals surface area contributed by atoms with Crippen molar-refractivity contribution < 1.29 is 0 Å². The van der Waals surface area contributed by atoms with Gasteiger partial charge < -0.3 is 20.4 Å². The Morgan fingerprint density at radius 2 is 1.73 bits per heavy atom. The lowest BCUT2D eigenvalue weighted by Gasteiger charge is -2.35. The molecule has 1 aliphatic heterocycles. The summed E-state index contributed by atoms with van der Waals surface area (Å²) in [7, 11) is 1.81. The van der Waals surface area contributed by atoms with Crippen LogP contribution < -0.4 is 10.6 Å². The van der Waals surface area contributed by atoms with Gasteiger partial charge in [0.05, 0.1) is 0 Å². The first-order valence-corrected chi connectivity index (χ1v) is 9.62. The summed E-state index contributed by atoms with van der Waals surface area (Å²) in [6, 6.07) is 7.88. The van der Waals surface area contributed by atoms with Crippen LogP contribution in [0.25, 0.3) is 0 Å². The van der Waals surface area contributed by atoms with Crippen LogP contribution in [0.1, 0.15) is 19.4 Å². The Balaban J connectivity index is 0.00000338. The number of guanidine groups is 1. The Morgan fingerprint density at radius 3 is 2.31 bits per heavy atom. The van der Waals surface area contributed by atoms with Crippen molar-refractivity contribution in [1.29, 1.82) is 0 Å². The first-order valence-electron chi connectivity index (χ1n) is 9.24. The van der Waals surface area contributed by atoms with Crippen LogP contribution in [0.5, 0.6) is 0 Å². The Kier molecular flexibility index (Phi) is 11.5. The van der Waals surface area contributed by atoms with Gasteiger partial charge in [-0.15, -0.1) is 24.0 Å². The Bertz CT molecular complexity index is 529. The zero-order valence-electron chi connectivity index (χ0n) is 16.2. The SMILES string of the molecule is CCN1CCN(CC(C)CNC(=NC)NCc2ccc(Cl)cc2)CC1.I. The monoisotopic (exact) mass is 493 g/mol. The minimum Gasteiger partial charge on any atom is -0.356 e. The summed E-state index contributed by atoms with van der Waals surface area (Å²) in [5, 5.41) is 7.55. The number of rotatable bonds is 7. The number of nitrogens with one attached hydrogen (secondary N) is 2. The Morgan fingerprint density at radius 1 is 1.12 bits per heavy atom. The molecule has 0 radical (unpaired) electrons. The van der Waals surface area contributed by atoms with E-state index in [0.29, 0.717) is 5.92 Å². The summed E-state index contributed by atoms with van der Waals surface area (Å²) in [5.74, 6) is 1.43. The van der Waals surface area contributed by atoms with Crippen LogP contribution in [-0.4, -0.2) is 68.6 Å². The number of benzene rings is 1. The molecule has 7 heteroatoms. The third-order valence-electron chi connectivity index (χ3n) is 4.70. The number of nitrogens with zero attached hydrogens (tertiary/aromatic N) is 3. The van der Waals surface area contributed by atoms with E-state index < -0.39 is 0 Å². The second-order valence-electron chi connectivity index (χ2n) is 6.77. The highest BCUT2D eigenvalue weighted by molar-refractivity contribution is 14.0. The van der Waals surface area contributed by atoms with Crippen LogP contribution in [0.3, 0.4) is 0 Å². The minimum atomic E-state index is 0. The number of hydrogen-bond acceptors (Lipinski definition) is 3. The van der Waals surface area contributed by atoms with Gasteiger partial charge in [-0.3, -0.25) is 4.99 Å². The average Bonchev–Trinajstić information content (AvgIpc) is 2.64. The number of halogens is 2. The molecular weight excluding hydrogens is 461 g/mol. The number of piperazine rings is 1. The lowest BCUT2D eigenvalue weighted by molar-refractivity contribution is 0.124. The molecule has 148 valence electrons. The lowest BCUT2D eigenvalue weighted by atomic mass is 10.1. The molecule has 1 unspecified atom stereocenters. The molecular formula is C19H33ClIN5. The summed E-state index contributed by atoms with van der Waals surface area (Å²) < 4.78 is 0. The van der Waals surface area contributed by atoms with Crippen molar-refractivity contribution in [3.63, 3.8) is 0 Å². The highest BCUT2D eigenvalue weighted by Gasteiger charge is 2.17. The van der Waals surface area contributed by atoms with E-state index in [0.717, 1.165) is 30.6 Å². The lowest BCUT2D eigenvalue weighted by Crippen LogP contribution is -2.48. The molecule has 1 fully saturated rings. The van der Waals surface area contributed by atoms with E-state index >= 15 is 0 Å². The molecule has 1 aliphatic rings. The average molecular weight is 494 g/mol. The molecule has 0 bridgehead atoms. The van der Waals surface area contributed by atoms with Crippen LogP contribution >= 0.6 is 35.6 Å². The Labute approximate surface area is 180 Å². The molecule has 1 aromatic rings. The van der Waals surface area contributed by atoms with Crippen molar-refractivity contribution in [3.05, 3.63) is 34.9 Å². The van der Waals surface area contributed by atoms with Crippen LogP contribution in [0.2, 0.25) is 5.02 Å². The van der Waals surface area contributed by atoms with Crippen molar-refractivity contribution in [2.75, 3.05) is 52.9 Å². The minimum absolute atomic E-state index is 0. The first kappa shape index (κ1) is 23.5. The molecule has 0 aromatic heterocycles. The van der Waals surface area contributed by atoms with Gasteiger partial charge in [-0.05, 0) is 30.2 Å². The molecule has 26 heavy (non-hydrogen) atoms. The number of likely N-dealkylation sites (N-methyl/N-ethyl adjacent to an activating group) is 1. The van der Waals surface area contributed by atoms with Crippen molar-refractivity contribution in [3.8, 4) is 0 Å². The summed E-state index contributed by atoms with van der Waals surface area (Å²) in [4.78, 5) is 9.40. The fraction of sp³-hybridized carbons (Fsp3) is 0.632. The molecule has 0 spiro atoms. The van der Waals surface area contributed by atoms with E-state index in [4.69, 9.17) is 11.6 Å². The highest BCUT2D eigenvalue weighted by Crippen LogP contribution is 2.09. The summed E-state index contributed by atoms with van der Waals surface area (Å²) >= 11 is 5.92. The van der Waals surface area contributed by atoms with Crippen molar-refractivity contribution >= 4 is 41.5 Å². The van der Waals surface area contributed by atoms with Crippen LogP contribution in [-0.2, 0) is 6.54 Å². The molecule has 1 atom stereocenters. The quantitative estimate of drug-likeness (QED) is 0.348. The van der Waals surface area contributed by atoms with E-state index in [9.17, 15) is 0 Å². The maximum atomic E-state index is 5.92. The Hall–Kier alpha value is -0.570. The molecule has 1 saturated heterocycles. The standard InChI is InChI=1S/C19H32ClN5.HI/c1-4-24-9-11-25(12-10-24)15-16(2)13-22-19(21-3)23-14-17-5-7-18(20)8-6-17;/h5-8,16H,4,9-15H2,1-3H3,(H2,21,22,23);1H. The number of aliphatic imine (C=N–C) groups is 1. The second-order valence-corrected chi connectivity index (χ2v) is 7.21. The third-order valence-corrected chi connectivity index (χ3v) is 4.95. The summed E-state index contributed by atoms with van der Waals surface area (Å²) in [6.07, 6.45) is 0. The normalized spacial score (nSPS) is 17.5. The van der Waals surface area contributed by atoms with E-state index in [1.807, 2.05) is 31.3 Å². The predicted octanol–water partition coefficient (Wildman–Crippen LogP) is 2.90. The fourth-order valence-corrected chi connectivity index (χ4v) is 3.20. The van der Waals surface area contributed by atoms with Gasteiger partial charge in [0.1, 0.15) is 0 Å². The topological polar surface area (TPSA) is 42.9 Å². The maximum absolute atomic E-state index is 5.92. The molecule has 0 amide bonds. The molecule has 1 aromatic carbocycles. The van der Waals surface area contributed by atoms with E-state index in [2.05, 4.69) is 39.3 Å². The number of hydrogen-bond donors (Lipinski definition) is 2. The smallest absolute Gasteiger partial charge is 0.191 e. The van der Waals surface area contributed by atoms with Gasteiger partial charge in [0, 0.05) is 57.9 Å². The zero-order valence-corrected chi connectivity index (χ0v) is 19.3. The van der Waals surface area contributed by atoms with Gasteiger partial charge in [-0.1, -0.05) is 37.6 Å². The molecule has 0 saturated carbocycles. The largest absolute Gasteiger partial charge is 0.356 e. The van der Waals surface area contributed by atoms with Crippen LogP contribution in [0.4, 0.5) is 0 Å². The van der Waals surface area contributed by atoms with Gasteiger partial charge in [0.15, 0.2) is 5.96 Å². The maximum Gasteiger partial charge on any atom is 0.191 e. The summed E-state index contributed by atoms with van der Waals surface area (Å²) in [6.45, 7) is 13.3. The van der Waals surface area contributed by atoms with Crippen molar-refractivity contribution in [1.82, 2.24) is 20.4 Å². The molecule has 5 nitrogen and oxygen atoms in total.